The van der Waals surface area contributed by atoms with Gasteiger partial charge in [0.15, 0.2) is 0 Å². The van der Waals surface area contributed by atoms with Gasteiger partial charge in [0.05, 0.1) is 13.1 Å². The van der Waals surface area contributed by atoms with Crippen LogP contribution in [-0.4, -0.2) is 15.4 Å². The molecule has 23 heavy (non-hydrogen) atoms. The third-order valence-electron chi connectivity index (χ3n) is 3.71. The highest BCUT2D eigenvalue weighted by atomic mass is 35.5. The van der Waals surface area contributed by atoms with Gasteiger partial charge >= 0.3 is 0 Å². The number of amides is 1. The zero-order valence-corrected chi connectivity index (χ0v) is 14.3. The normalized spacial score (nSPS) is 10.7. The third-order valence-corrected chi connectivity index (χ3v) is 4.82. The number of thiophene rings is 1. The van der Waals surface area contributed by atoms with Gasteiger partial charge in [-0.3, -0.25) is 4.79 Å². The summed E-state index contributed by atoms with van der Waals surface area (Å²) in [5.41, 5.74) is 1.75. The average Bonchev–Trinajstić information content (AvgIpc) is 3.19. The number of rotatable bonds is 5. The van der Waals surface area contributed by atoms with Gasteiger partial charge in [-0.05, 0) is 47.8 Å². The highest BCUT2D eigenvalue weighted by Crippen LogP contribution is 2.18. The minimum Gasteiger partial charge on any atom is -0.353 e. The van der Waals surface area contributed by atoms with Crippen molar-refractivity contribution in [2.75, 3.05) is 0 Å². The van der Waals surface area contributed by atoms with E-state index in [1.807, 2.05) is 46.3 Å². The van der Waals surface area contributed by atoms with E-state index in [-0.39, 0.29) is 5.91 Å². The highest BCUT2D eigenvalue weighted by molar-refractivity contribution is 7.09. The molecule has 0 fully saturated rings. The van der Waals surface area contributed by atoms with Crippen LogP contribution in [0.25, 0.3) is 0 Å². The molecular weight excluding hydrogens is 328 g/mol. The number of hydrogen-bond acceptors (Lipinski definition) is 2. The zero-order chi connectivity index (χ0) is 16.2. The first-order valence-electron chi connectivity index (χ1n) is 7.31. The molecule has 118 valence electrons. The largest absolute Gasteiger partial charge is 0.353 e. The van der Waals surface area contributed by atoms with E-state index in [0.717, 1.165) is 5.69 Å². The maximum atomic E-state index is 12.9. The first-order chi connectivity index (χ1) is 11.1. The van der Waals surface area contributed by atoms with Gasteiger partial charge < -0.3 is 9.47 Å². The summed E-state index contributed by atoms with van der Waals surface area (Å²) in [7, 11) is 1.99. The standard InChI is InChI=1S/C18H17ClN2OS/c1-20-10-2-4-16(20)12-21(13-17-5-3-11-23-17)18(22)14-6-8-15(19)9-7-14/h2-11H,12-13H2,1H3. The molecule has 0 atom stereocenters. The first kappa shape index (κ1) is 15.8. The average molecular weight is 345 g/mol. The minimum absolute atomic E-state index is 0.0104. The van der Waals surface area contributed by atoms with Crippen LogP contribution in [0.3, 0.4) is 0 Å². The second kappa shape index (κ2) is 7.02. The molecule has 1 aromatic carbocycles. The van der Waals surface area contributed by atoms with Crippen LogP contribution >= 0.6 is 22.9 Å². The Morgan fingerprint density at radius 1 is 1.13 bits per heavy atom. The molecule has 0 saturated heterocycles. The van der Waals surface area contributed by atoms with E-state index in [1.165, 1.54) is 4.88 Å². The molecule has 0 aliphatic carbocycles. The molecule has 0 radical (unpaired) electrons. The van der Waals surface area contributed by atoms with E-state index in [0.29, 0.717) is 23.7 Å². The monoisotopic (exact) mass is 344 g/mol. The van der Waals surface area contributed by atoms with Crippen LogP contribution in [0, 0.1) is 0 Å². The molecule has 3 nitrogen and oxygen atoms in total. The zero-order valence-electron chi connectivity index (χ0n) is 12.8. The van der Waals surface area contributed by atoms with Crippen LogP contribution in [0.2, 0.25) is 5.02 Å². The van der Waals surface area contributed by atoms with Gasteiger partial charge in [-0.2, -0.15) is 0 Å². The van der Waals surface area contributed by atoms with Gasteiger partial charge in [0.2, 0.25) is 0 Å². The van der Waals surface area contributed by atoms with Crippen molar-refractivity contribution in [3.8, 4) is 0 Å². The van der Waals surface area contributed by atoms with Gasteiger partial charge in [-0.1, -0.05) is 17.7 Å². The maximum absolute atomic E-state index is 12.9. The van der Waals surface area contributed by atoms with Gasteiger partial charge in [-0.25, -0.2) is 0 Å². The van der Waals surface area contributed by atoms with Crippen LogP contribution in [0.4, 0.5) is 0 Å². The molecule has 0 N–H and O–H groups in total. The molecule has 5 heteroatoms. The number of nitrogens with zero attached hydrogens (tertiary/aromatic N) is 2. The van der Waals surface area contributed by atoms with Crippen molar-refractivity contribution in [3.05, 3.63) is 81.3 Å². The molecule has 0 bridgehead atoms. The van der Waals surface area contributed by atoms with E-state index in [4.69, 9.17) is 11.6 Å². The number of hydrogen-bond donors (Lipinski definition) is 0. The Hall–Kier alpha value is -2.04. The van der Waals surface area contributed by atoms with Crippen LogP contribution in [0.5, 0.6) is 0 Å². The quantitative estimate of drug-likeness (QED) is 0.665. The molecule has 0 saturated carbocycles. The van der Waals surface area contributed by atoms with Gasteiger partial charge in [0.25, 0.3) is 5.91 Å². The number of benzene rings is 1. The molecule has 0 spiro atoms. The van der Waals surface area contributed by atoms with Gasteiger partial charge in [-0.15, -0.1) is 11.3 Å². The van der Waals surface area contributed by atoms with E-state index < -0.39 is 0 Å². The van der Waals surface area contributed by atoms with Crippen molar-refractivity contribution >= 4 is 28.8 Å². The number of aromatic nitrogens is 1. The SMILES string of the molecule is Cn1cccc1CN(Cc1cccs1)C(=O)c1ccc(Cl)cc1. The van der Waals surface area contributed by atoms with Crippen molar-refractivity contribution in [2.45, 2.75) is 13.1 Å². The predicted octanol–water partition coefficient (Wildman–Crippen LogP) is 4.58. The predicted molar refractivity (Wildman–Crippen MR) is 94.8 cm³/mol. The van der Waals surface area contributed by atoms with Crippen LogP contribution < -0.4 is 0 Å². The number of carbonyl (C=O) groups is 1. The third kappa shape index (κ3) is 3.84. The number of carbonyl (C=O) groups excluding carboxylic acids is 1. The minimum atomic E-state index is 0.0104. The van der Waals surface area contributed by atoms with E-state index in [1.54, 1.807) is 35.6 Å². The van der Waals surface area contributed by atoms with Crippen molar-refractivity contribution in [1.82, 2.24) is 9.47 Å². The Kier molecular flexibility index (Phi) is 4.84. The summed E-state index contributed by atoms with van der Waals surface area (Å²) in [6.45, 7) is 1.17. The summed E-state index contributed by atoms with van der Waals surface area (Å²) in [6, 6.07) is 15.1. The van der Waals surface area contributed by atoms with Gasteiger partial charge in [0.1, 0.15) is 0 Å². The lowest BCUT2D eigenvalue weighted by atomic mass is 10.2. The van der Waals surface area contributed by atoms with Crippen molar-refractivity contribution in [3.63, 3.8) is 0 Å². The summed E-state index contributed by atoms with van der Waals surface area (Å²) in [4.78, 5) is 15.9. The Labute approximate surface area is 144 Å². The Morgan fingerprint density at radius 3 is 2.52 bits per heavy atom. The fourth-order valence-electron chi connectivity index (χ4n) is 2.42. The lowest BCUT2D eigenvalue weighted by molar-refractivity contribution is 0.0728. The smallest absolute Gasteiger partial charge is 0.254 e. The molecule has 2 aromatic heterocycles. The van der Waals surface area contributed by atoms with Crippen LogP contribution in [-0.2, 0) is 20.1 Å². The van der Waals surface area contributed by atoms with Crippen molar-refractivity contribution in [2.24, 2.45) is 7.05 Å². The van der Waals surface area contributed by atoms with Crippen LogP contribution in [0.15, 0.2) is 60.1 Å². The van der Waals surface area contributed by atoms with E-state index in [9.17, 15) is 4.79 Å². The second-order valence-corrected chi connectivity index (χ2v) is 6.83. The molecular formula is C18H17ClN2OS. The second-order valence-electron chi connectivity index (χ2n) is 5.36. The fraction of sp³-hybridized carbons (Fsp3) is 0.167. The lowest BCUT2D eigenvalue weighted by Gasteiger charge is -2.22. The van der Waals surface area contributed by atoms with E-state index in [2.05, 4.69) is 6.07 Å². The summed E-state index contributed by atoms with van der Waals surface area (Å²) in [5.74, 6) is 0.0104. The van der Waals surface area contributed by atoms with Gasteiger partial charge in [0, 0.05) is 34.4 Å². The summed E-state index contributed by atoms with van der Waals surface area (Å²) < 4.78 is 2.04. The Balaban J connectivity index is 1.85. The molecule has 3 rings (SSSR count). The maximum Gasteiger partial charge on any atom is 0.254 e. The molecule has 0 unspecified atom stereocenters. The fourth-order valence-corrected chi connectivity index (χ4v) is 3.27. The van der Waals surface area contributed by atoms with E-state index >= 15 is 0 Å². The summed E-state index contributed by atoms with van der Waals surface area (Å²) >= 11 is 7.58. The van der Waals surface area contributed by atoms with Crippen molar-refractivity contribution in [1.29, 1.82) is 0 Å². The highest BCUT2D eigenvalue weighted by Gasteiger charge is 2.18. The molecule has 2 heterocycles. The lowest BCUT2D eigenvalue weighted by Crippen LogP contribution is -2.30. The number of aryl methyl sites for hydroxylation is 1. The van der Waals surface area contributed by atoms with Crippen LogP contribution in [0.1, 0.15) is 20.9 Å². The summed E-state index contributed by atoms with van der Waals surface area (Å²) in [5, 5.41) is 2.66. The Bertz CT molecular complexity index is 778. The van der Waals surface area contributed by atoms with Crippen molar-refractivity contribution < 1.29 is 4.79 Å². The topological polar surface area (TPSA) is 25.2 Å². The molecule has 0 aliphatic heterocycles. The molecule has 1 amide bonds. The molecule has 3 aromatic rings. The molecule has 0 aliphatic rings. The first-order valence-corrected chi connectivity index (χ1v) is 8.56. The number of halogens is 1. The Morgan fingerprint density at radius 2 is 1.91 bits per heavy atom. The summed E-state index contributed by atoms with van der Waals surface area (Å²) in [6.07, 6.45) is 1.99.